The van der Waals surface area contributed by atoms with Gasteiger partial charge in [-0.3, -0.25) is 0 Å². The van der Waals surface area contributed by atoms with Crippen molar-refractivity contribution in [3.63, 3.8) is 0 Å². The lowest BCUT2D eigenvalue weighted by Crippen LogP contribution is -2.49. The second-order valence-electron chi connectivity index (χ2n) is 9.56. The van der Waals surface area contributed by atoms with Gasteiger partial charge in [0.05, 0.1) is 7.11 Å². The first-order chi connectivity index (χ1) is 13.1. The summed E-state index contributed by atoms with van der Waals surface area (Å²) in [5.74, 6) is 3.60. The van der Waals surface area contributed by atoms with E-state index in [2.05, 4.69) is 49.4 Å². The zero-order valence-electron chi connectivity index (χ0n) is 17.8. The fourth-order valence-corrected chi connectivity index (χ4v) is 7.04. The fraction of sp³-hybridized carbons (Fsp3) is 0.750. The molecule has 3 aliphatic rings. The molecule has 1 aromatic rings. The normalized spacial score (nSPS) is 34.9. The molecule has 2 fully saturated rings. The Labute approximate surface area is 165 Å². The highest BCUT2D eigenvalue weighted by Crippen LogP contribution is 2.61. The number of hydrogen-bond acceptors (Lipinski definition) is 3. The average Bonchev–Trinajstić information content (AvgIpc) is 3.04. The van der Waals surface area contributed by atoms with E-state index in [4.69, 9.17) is 4.74 Å². The molecule has 0 aliphatic heterocycles. The lowest BCUT2D eigenvalue weighted by atomic mass is 9.55. The van der Waals surface area contributed by atoms with Crippen LogP contribution in [-0.2, 0) is 6.42 Å². The van der Waals surface area contributed by atoms with Crippen molar-refractivity contribution in [3.05, 3.63) is 29.3 Å². The molecule has 0 radical (unpaired) electrons. The fourth-order valence-electron chi connectivity index (χ4n) is 7.04. The first-order valence-corrected chi connectivity index (χ1v) is 11.1. The maximum absolute atomic E-state index is 5.47. The van der Waals surface area contributed by atoms with Gasteiger partial charge in [0.2, 0.25) is 0 Å². The summed E-state index contributed by atoms with van der Waals surface area (Å²) >= 11 is 0. The van der Waals surface area contributed by atoms with E-state index in [1.165, 1.54) is 51.5 Å². The zero-order valence-corrected chi connectivity index (χ0v) is 17.8. The Balaban J connectivity index is 1.52. The molecule has 5 atom stereocenters. The van der Waals surface area contributed by atoms with E-state index in [0.717, 1.165) is 36.1 Å². The van der Waals surface area contributed by atoms with Gasteiger partial charge in [-0.2, -0.15) is 0 Å². The average molecular weight is 371 g/mol. The van der Waals surface area contributed by atoms with Crippen LogP contribution in [0.5, 0.6) is 5.75 Å². The van der Waals surface area contributed by atoms with Crippen LogP contribution < -0.4 is 10.1 Å². The Bertz CT molecular complexity index is 660. The summed E-state index contributed by atoms with van der Waals surface area (Å²) < 4.78 is 5.47. The quantitative estimate of drug-likeness (QED) is 0.748. The third-order valence-corrected chi connectivity index (χ3v) is 8.35. The van der Waals surface area contributed by atoms with Crippen molar-refractivity contribution in [3.8, 4) is 5.75 Å². The summed E-state index contributed by atoms with van der Waals surface area (Å²) in [7, 11) is 6.22. The van der Waals surface area contributed by atoms with Gasteiger partial charge in [-0.15, -0.1) is 0 Å². The van der Waals surface area contributed by atoms with Crippen LogP contribution in [0, 0.1) is 17.3 Å². The van der Waals surface area contributed by atoms with Gasteiger partial charge in [0.1, 0.15) is 5.75 Å². The van der Waals surface area contributed by atoms with Gasteiger partial charge in [0.25, 0.3) is 0 Å². The number of nitrogens with one attached hydrogen (secondary N) is 1. The van der Waals surface area contributed by atoms with E-state index in [1.54, 1.807) is 18.2 Å². The van der Waals surface area contributed by atoms with E-state index in [1.807, 2.05) is 0 Å². The molecule has 4 rings (SSSR count). The van der Waals surface area contributed by atoms with E-state index in [-0.39, 0.29) is 0 Å². The minimum atomic E-state index is 0.513. The summed E-state index contributed by atoms with van der Waals surface area (Å²) in [6.07, 6.45) is 9.47. The van der Waals surface area contributed by atoms with E-state index < -0.39 is 0 Å². The number of rotatable bonds is 6. The largest absolute Gasteiger partial charge is 0.497 e. The van der Waals surface area contributed by atoms with Crippen LogP contribution in [0.3, 0.4) is 0 Å². The van der Waals surface area contributed by atoms with Crippen molar-refractivity contribution in [2.24, 2.45) is 17.3 Å². The predicted octanol–water partition coefficient (Wildman–Crippen LogP) is 4.46. The number of aryl methyl sites for hydroxylation is 1. The molecular weight excluding hydrogens is 332 g/mol. The topological polar surface area (TPSA) is 24.5 Å². The Kier molecular flexibility index (Phi) is 5.53. The van der Waals surface area contributed by atoms with Crippen molar-refractivity contribution < 1.29 is 4.74 Å². The predicted molar refractivity (Wildman–Crippen MR) is 113 cm³/mol. The van der Waals surface area contributed by atoms with Gasteiger partial charge in [-0.1, -0.05) is 13.0 Å². The second kappa shape index (κ2) is 7.75. The molecule has 0 heterocycles. The maximum atomic E-state index is 5.47. The molecular formula is C24H38N2O. The lowest BCUT2D eigenvalue weighted by molar-refractivity contribution is 0.00740. The van der Waals surface area contributed by atoms with Crippen molar-refractivity contribution in [2.45, 2.75) is 63.8 Å². The monoisotopic (exact) mass is 370 g/mol. The summed E-state index contributed by atoms with van der Waals surface area (Å²) in [4.78, 5) is 2.69. The van der Waals surface area contributed by atoms with Gasteiger partial charge >= 0.3 is 0 Å². The van der Waals surface area contributed by atoms with Crippen molar-refractivity contribution in [1.29, 1.82) is 0 Å². The molecule has 1 aromatic carbocycles. The highest BCUT2D eigenvalue weighted by molar-refractivity contribution is 5.40. The second-order valence-corrected chi connectivity index (χ2v) is 9.56. The molecule has 27 heavy (non-hydrogen) atoms. The van der Waals surface area contributed by atoms with Crippen molar-refractivity contribution in [1.82, 2.24) is 10.2 Å². The highest BCUT2D eigenvalue weighted by atomic mass is 16.5. The van der Waals surface area contributed by atoms with Crippen LogP contribution in [0.15, 0.2) is 18.2 Å². The Morgan fingerprint density at radius 1 is 1.22 bits per heavy atom. The van der Waals surface area contributed by atoms with Gasteiger partial charge in [0, 0.05) is 6.04 Å². The molecule has 0 aromatic heterocycles. The third kappa shape index (κ3) is 3.31. The molecule has 2 saturated carbocycles. The third-order valence-electron chi connectivity index (χ3n) is 8.35. The zero-order chi connectivity index (χ0) is 19.0. The van der Waals surface area contributed by atoms with Crippen LogP contribution in [-0.4, -0.2) is 45.2 Å². The van der Waals surface area contributed by atoms with Gasteiger partial charge in [-0.25, -0.2) is 0 Å². The summed E-state index contributed by atoms with van der Waals surface area (Å²) in [5, 5.41) is 3.30. The SMILES string of the molecule is CNCCCN(C)[C@H]1CC[C@H]2[C@@H]3CCc4cc(OC)ccc4[C@H]3CC[C@]12C. The summed E-state index contributed by atoms with van der Waals surface area (Å²) in [6.45, 7) is 4.98. The minimum absolute atomic E-state index is 0.513. The molecule has 0 saturated heterocycles. The molecule has 1 N–H and O–H groups in total. The van der Waals surface area contributed by atoms with Crippen LogP contribution >= 0.6 is 0 Å². The van der Waals surface area contributed by atoms with Crippen LogP contribution in [0.2, 0.25) is 0 Å². The smallest absolute Gasteiger partial charge is 0.119 e. The molecule has 150 valence electrons. The molecule has 3 nitrogen and oxygen atoms in total. The number of fused-ring (bicyclic) bond motifs is 5. The van der Waals surface area contributed by atoms with Gasteiger partial charge in [0.15, 0.2) is 0 Å². The van der Waals surface area contributed by atoms with Gasteiger partial charge < -0.3 is 15.0 Å². The Morgan fingerprint density at radius 3 is 2.85 bits per heavy atom. The summed E-state index contributed by atoms with van der Waals surface area (Å²) in [6, 6.07) is 7.63. The first-order valence-electron chi connectivity index (χ1n) is 11.1. The number of ether oxygens (including phenoxy) is 1. The lowest BCUT2D eigenvalue weighted by Gasteiger charge is -2.52. The summed E-state index contributed by atoms with van der Waals surface area (Å²) in [5.41, 5.74) is 3.71. The number of methoxy groups -OCH3 is 1. The molecule has 0 bridgehead atoms. The molecule has 3 heteroatoms. The van der Waals surface area contributed by atoms with E-state index in [9.17, 15) is 0 Å². The Hall–Kier alpha value is -1.06. The highest BCUT2D eigenvalue weighted by Gasteiger charge is 2.55. The maximum Gasteiger partial charge on any atom is 0.119 e. The van der Waals surface area contributed by atoms with Crippen LogP contribution in [0.4, 0.5) is 0 Å². The van der Waals surface area contributed by atoms with E-state index >= 15 is 0 Å². The molecule has 3 aliphatic carbocycles. The van der Waals surface area contributed by atoms with Crippen molar-refractivity contribution in [2.75, 3.05) is 34.3 Å². The first kappa shape index (κ1) is 19.3. The molecule has 0 unspecified atom stereocenters. The number of benzene rings is 1. The van der Waals surface area contributed by atoms with Crippen molar-refractivity contribution >= 4 is 0 Å². The van der Waals surface area contributed by atoms with Crippen LogP contribution in [0.1, 0.15) is 62.5 Å². The van der Waals surface area contributed by atoms with E-state index in [0.29, 0.717) is 5.41 Å². The number of hydrogen-bond donors (Lipinski definition) is 1. The molecule has 0 amide bonds. The van der Waals surface area contributed by atoms with Gasteiger partial charge in [-0.05, 0) is 119 Å². The standard InChI is InChI=1S/C24H38N2O/c1-24-13-12-20-19-9-7-18(27-4)16-17(19)6-8-21(20)22(24)10-11-23(24)26(3)15-5-14-25-2/h7,9,16,20-23,25H,5-6,8,10-15H2,1-4H3/t20-,21-,22+,23+,24+/m1/s1. The number of nitrogens with zero attached hydrogens (tertiary/aromatic N) is 1. The minimum Gasteiger partial charge on any atom is -0.497 e. The Morgan fingerprint density at radius 2 is 2.07 bits per heavy atom. The molecule has 0 spiro atoms. The van der Waals surface area contributed by atoms with Crippen LogP contribution in [0.25, 0.3) is 0 Å².